The number of hydrogen-bond donors (Lipinski definition) is 20. The molecule has 0 aliphatic rings. The van der Waals surface area contributed by atoms with E-state index in [0.29, 0.717) is 0 Å². The number of anilines is 8. The monoisotopic (exact) mass is 1310 g/mol. The molecule has 0 aliphatic heterocycles. The van der Waals surface area contributed by atoms with Gasteiger partial charge in [-0.15, -0.1) is 0 Å². The van der Waals surface area contributed by atoms with E-state index in [9.17, 15) is 113 Å². The summed E-state index contributed by atoms with van der Waals surface area (Å²) in [5.41, 5.74) is -1.05. The van der Waals surface area contributed by atoms with Gasteiger partial charge in [0.1, 0.15) is 52.5 Å². The van der Waals surface area contributed by atoms with Gasteiger partial charge in [-0.25, -0.2) is 0 Å². The van der Waals surface area contributed by atoms with Crippen LogP contribution in [0.3, 0.4) is 0 Å². The Hall–Kier alpha value is -5.92. The van der Waals surface area contributed by atoms with E-state index in [4.69, 9.17) is 9.47 Å². The molecule has 42 heteroatoms. The quantitative estimate of drug-likeness (QED) is 0.0112. The predicted octanol–water partition coefficient (Wildman–Crippen LogP) is -6.69. The van der Waals surface area contributed by atoms with Crippen LogP contribution in [-0.2, 0) is 49.9 Å². The van der Waals surface area contributed by atoms with Crippen molar-refractivity contribution in [2.24, 2.45) is 0 Å². The third kappa shape index (κ3) is 23.3. The highest BCUT2D eigenvalue weighted by molar-refractivity contribution is 7.86. The van der Waals surface area contributed by atoms with Gasteiger partial charge in [-0.3, -0.25) is 18.2 Å². The summed E-state index contributed by atoms with van der Waals surface area (Å²) in [7, 11) is -19.5. The minimum absolute atomic E-state index is 0.164. The summed E-state index contributed by atoms with van der Waals surface area (Å²) in [6.07, 6.45) is -12.0. The number of nitrogens with one attached hydrogen (secondary N) is 4. The molecule has 8 atom stereocenters. The first-order chi connectivity index (χ1) is 40.3. The first-order valence-corrected chi connectivity index (χ1v) is 31.3. The highest BCUT2D eigenvalue weighted by atomic mass is 32.2. The lowest BCUT2D eigenvalue weighted by molar-refractivity contribution is -0.112. The molecule has 8 unspecified atom stereocenters. The third-order valence-corrected chi connectivity index (χ3v) is 15.0. The van der Waals surface area contributed by atoms with E-state index < -0.39 is 199 Å². The fraction of sp³-hybridized carbons (Fsp3) is 0.545. The van der Waals surface area contributed by atoms with Crippen LogP contribution >= 0.6 is 0 Å². The zero-order valence-electron chi connectivity index (χ0n) is 45.0. The number of aliphatic hydroxyl groups is 12. The predicted molar refractivity (Wildman–Crippen MR) is 300 cm³/mol. The van der Waals surface area contributed by atoms with Crippen molar-refractivity contribution >= 4 is 99.7 Å². The van der Waals surface area contributed by atoms with Gasteiger partial charge in [0.25, 0.3) is 40.5 Å². The van der Waals surface area contributed by atoms with Gasteiger partial charge in [0, 0.05) is 44.1 Å². The van der Waals surface area contributed by atoms with Crippen LogP contribution in [0.1, 0.15) is 11.1 Å². The van der Waals surface area contributed by atoms with Crippen molar-refractivity contribution in [2.45, 2.75) is 58.6 Å². The van der Waals surface area contributed by atoms with Gasteiger partial charge >= 0.3 is 0 Å². The second-order valence-corrected chi connectivity index (χ2v) is 24.0. The van der Waals surface area contributed by atoms with Crippen LogP contribution in [0.5, 0.6) is 0 Å². The number of rotatable bonds is 40. The van der Waals surface area contributed by atoms with Gasteiger partial charge < -0.3 is 102 Å². The summed E-state index contributed by atoms with van der Waals surface area (Å²) in [6.45, 7) is -7.03. The number of ether oxygens (including phenoxy) is 2. The molecular weight excluding hydrogens is 1240 g/mol. The Morgan fingerprint density at radius 2 is 0.895 bits per heavy atom. The van der Waals surface area contributed by atoms with Gasteiger partial charge in [0.15, 0.2) is 0 Å². The van der Waals surface area contributed by atoms with Crippen LogP contribution in [0.25, 0.3) is 12.2 Å². The summed E-state index contributed by atoms with van der Waals surface area (Å²) in [4.78, 5) is 25.6. The number of aliphatic hydroxyl groups excluding tert-OH is 12. The van der Waals surface area contributed by atoms with Gasteiger partial charge in [-0.05, 0) is 35.4 Å². The van der Waals surface area contributed by atoms with Crippen LogP contribution in [0, 0.1) is 0 Å². The molecule has 484 valence electrons. The molecule has 0 spiro atoms. The third-order valence-electron chi connectivity index (χ3n) is 11.7. The summed E-state index contributed by atoms with van der Waals surface area (Å²) >= 11 is 0. The molecule has 0 aliphatic carbocycles. The van der Waals surface area contributed by atoms with Crippen LogP contribution < -0.4 is 31.1 Å². The molecule has 86 heavy (non-hydrogen) atoms. The Morgan fingerprint density at radius 3 is 1.31 bits per heavy atom. The molecule has 0 saturated carbocycles. The maximum absolute atomic E-state index is 12.9. The Bertz CT molecular complexity index is 3310. The topological polar surface area (TPSA) is 611 Å². The lowest BCUT2D eigenvalue weighted by Crippen LogP contribution is -2.55. The maximum Gasteiger partial charge on any atom is 0.295 e. The van der Waals surface area contributed by atoms with E-state index in [0.717, 1.165) is 46.2 Å². The fourth-order valence-corrected chi connectivity index (χ4v) is 9.59. The van der Waals surface area contributed by atoms with Crippen molar-refractivity contribution in [3.05, 3.63) is 47.5 Å². The highest BCUT2D eigenvalue weighted by Gasteiger charge is 2.37. The van der Waals surface area contributed by atoms with Crippen LogP contribution in [0.15, 0.2) is 46.2 Å². The van der Waals surface area contributed by atoms with E-state index in [1.165, 1.54) is 12.1 Å². The average molecular weight is 1310 g/mol. The van der Waals surface area contributed by atoms with Crippen molar-refractivity contribution in [2.75, 3.05) is 135 Å². The SMILES string of the molecule is O=S(=O)(O)CCNc1nc(Nc2ccc(C=Cc3ccc(Nc4nc(NCCS(=O)(=O)O)nc(N(CCOCCO)C(CO)C(O)C(O)C(O)CO)n4)cc3S(=O)(=O)O)c(S(=O)(=O)O)c2)nc(N(CCOCCO)CC(O)C(O)C(O)C(O)CO)n1. The summed E-state index contributed by atoms with van der Waals surface area (Å²) in [5.74, 6) is -4.47. The fourth-order valence-electron chi connectivity index (χ4n) is 7.45. The first-order valence-electron chi connectivity index (χ1n) is 25.2. The minimum Gasteiger partial charge on any atom is -0.394 e. The van der Waals surface area contributed by atoms with Crippen molar-refractivity contribution in [3.63, 3.8) is 0 Å². The summed E-state index contributed by atoms with van der Waals surface area (Å²) in [6, 6.07) is 4.68. The molecule has 0 radical (unpaired) electrons. The van der Waals surface area contributed by atoms with E-state index in [1.807, 2.05) is 0 Å². The molecule has 20 N–H and O–H groups in total. The average Bonchev–Trinajstić information content (AvgIpc) is 1.21. The Labute approximate surface area is 491 Å². The Balaban J connectivity index is 1.79. The number of nitrogens with zero attached hydrogens (tertiary/aromatic N) is 8. The minimum atomic E-state index is -5.22. The standard InChI is InChI=1S/C44H68N12O26S4/c57-11-15-81-13-9-55(21-30(62)36(66)38(68)32(64)24-61)43-51-39(45-7-17-83(69,70)71)49-41(53-43)47-27-5-3-25(33(19-27)85(75,76)77)1-2-26-4-6-28(20-34(26)86(78,79)80)48-42-50-40(46-8-18-84(72,73)74)52-44(54-42)56(10-14-82-16-12-58)29(22-59)35(65)37(67)31(63)23-60/h1-6,19-20,29-32,35-38,57-68H,7-18,21-24H2,(H,69,70,71)(H,72,73,74)(H,75,76,77)(H,78,79,80)(H2,45,47,49,51,53)(H2,46,48,50,52,54). The number of aromatic nitrogens is 6. The van der Waals surface area contributed by atoms with Crippen LogP contribution in [0.4, 0.5) is 47.1 Å². The summed E-state index contributed by atoms with van der Waals surface area (Å²) < 4.78 is 148. The van der Waals surface area contributed by atoms with Gasteiger partial charge in [-0.1, -0.05) is 24.3 Å². The van der Waals surface area contributed by atoms with Gasteiger partial charge in [0.05, 0.1) is 77.0 Å². The Morgan fingerprint density at radius 1 is 0.488 bits per heavy atom. The molecule has 0 fully saturated rings. The molecule has 0 bridgehead atoms. The maximum atomic E-state index is 12.9. The Kier molecular flexibility index (Phi) is 28.2. The smallest absolute Gasteiger partial charge is 0.295 e. The van der Waals surface area contributed by atoms with Crippen molar-refractivity contribution < 1.29 is 123 Å². The largest absolute Gasteiger partial charge is 0.394 e. The molecule has 4 rings (SSSR count). The highest BCUT2D eigenvalue weighted by Crippen LogP contribution is 2.30. The van der Waals surface area contributed by atoms with Gasteiger partial charge in [0.2, 0.25) is 35.7 Å². The second-order valence-electron chi connectivity index (χ2n) is 18.1. The molecule has 0 saturated heterocycles. The zero-order valence-corrected chi connectivity index (χ0v) is 48.3. The molecule has 2 heterocycles. The molecule has 38 nitrogen and oxygen atoms in total. The lowest BCUT2D eigenvalue weighted by atomic mass is 10.0. The van der Waals surface area contributed by atoms with E-state index in [2.05, 4.69) is 51.2 Å². The van der Waals surface area contributed by atoms with Crippen LogP contribution in [-0.4, -0.2) is 296 Å². The molecular formula is C44H68N12O26S4. The lowest BCUT2D eigenvalue weighted by Gasteiger charge is -2.36. The van der Waals surface area contributed by atoms with E-state index in [-0.39, 0.29) is 62.0 Å². The molecule has 2 aromatic heterocycles. The number of benzene rings is 2. The van der Waals surface area contributed by atoms with Crippen molar-refractivity contribution in [1.29, 1.82) is 0 Å². The zero-order chi connectivity index (χ0) is 64.2. The first kappa shape index (κ1) is 72.6. The second kappa shape index (κ2) is 33.4. The van der Waals surface area contributed by atoms with E-state index >= 15 is 0 Å². The summed E-state index contributed by atoms with van der Waals surface area (Å²) in [5, 5.41) is 131. The number of hydrogen-bond acceptors (Lipinski definition) is 34. The molecule has 2 aromatic carbocycles. The molecule has 0 amide bonds. The van der Waals surface area contributed by atoms with E-state index in [1.54, 1.807) is 0 Å². The van der Waals surface area contributed by atoms with Crippen molar-refractivity contribution in [3.8, 4) is 0 Å². The molecule has 4 aromatic rings. The van der Waals surface area contributed by atoms with Crippen molar-refractivity contribution in [1.82, 2.24) is 29.9 Å². The van der Waals surface area contributed by atoms with Crippen LogP contribution in [0.2, 0.25) is 0 Å². The normalized spacial score (nSPS) is 15.3. The van der Waals surface area contributed by atoms with Gasteiger partial charge in [-0.2, -0.15) is 63.6 Å².